The van der Waals surface area contributed by atoms with Gasteiger partial charge in [0.05, 0.1) is 25.6 Å². The van der Waals surface area contributed by atoms with Gasteiger partial charge in [0, 0.05) is 18.1 Å². The number of amides is 1. The van der Waals surface area contributed by atoms with Crippen LogP contribution >= 0.6 is 23.4 Å². The SMILES string of the molecule is CCn1cc2nc(SCC(=O)NCc3ccccc3Cl)n(Cc3ccc(OC)cc3)c(=O)c2n1. The van der Waals surface area contributed by atoms with Gasteiger partial charge in [-0.25, -0.2) is 4.98 Å². The molecule has 4 aromatic rings. The van der Waals surface area contributed by atoms with Crippen molar-refractivity contribution in [3.05, 3.63) is 81.2 Å². The second-order valence-electron chi connectivity index (χ2n) is 7.51. The zero-order valence-electron chi connectivity index (χ0n) is 18.8. The lowest BCUT2D eigenvalue weighted by molar-refractivity contribution is -0.118. The molecule has 10 heteroatoms. The van der Waals surface area contributed by atoms with Gasteiger partial charge in [-0.1, -0.05) is 53.7 Å². The summed E-state index contributed by atoms with van der Waals surface area (Å²) in [6.45, 7) is 3.20. The Kier molecular flexibility index (Phi) is 7.54. The molecular formula is C24H24ClN5O3S. The number of aryl methyl sites for hydroxylation is 1. The Bertz CT molecular complexity index is 1370. The minimum Gasteiger partial charge on any atom is -0.497 e. The predicted octanol–water partition coefficient (Wildman–Crippen LogP) is 3.73. The van der Waals surface area contributed by atoms with Crippen LogP contribution in [0.5, 0.6) is 5.75 Å². The molecule has 2 heterocycles. The first kappa shape index (κ1) is 23.8. The van der Waals surface area contributed by atoms with Gasteiger partial charge >= 0.3 is 0 Å². The van der Waals surface area contributed by atoms with E-state index in [0.29, 0.717) is 40.8 Å². The van der Waals surface area contributed by atoms with Gasteiger partial charge in [0.1, 0.15) is 11.3 Å². The summed E-state index contributed by atoms with van der Waals surface area (Å²) < 4.78 is 8.46. The number of halogens is 1. The highest BCUT2D eigenvalue weighted by Gasteiger charge is 2.16. The number of nitrogens with zero attached hydrogens (tertiary/aromatic N) is 4. The molecule has 0 aliphatic carbocycles. The van der Waals surface area contributed by atoms with Crippen LogP contribution in [0.1, 0.15) is 18.1 Å². The minimum atomic E-state index is -0.244. The zero-order valence-corrected chi connectivity index (χ0v) is 20.4. The molecule has 0 atom stereocenters. The van der Waals surface area contributed by atoms with E-state index in [1.807, 2.05) is 49.4 Å². The first-order valence-corrected chi connectivity index (χ1v) is 12.1. The van der Waals surface area contributed by atoms with Gasteiger partial charge in [-0.2, -0.15) is 5.10 Å². The Morgan fingerprint density at radius 1 is 1.18 bits per heavy atom. The maximum absolute atomic E-state index is 13.3. The Morgan fingerprint density at radius 3 is 2.65 bits per heavy atom. The summed E-state index contributed by atoms with van der Waals surface area (Å²) >= 11 is 7.38. The lowest BCUT2D eigenvalue weighted by atomic mass is 10.2. The minimum absolute atomic E-state index is 0.104. The van der Waals surface area contributed by atoms with Crippen molar-refractivity contribution in [1.29, 1.82) is 0 Å². The second kappa shape index (κ2) is 10.8. The van der Waals surface area contributed by atoms with Crippen molar-refractivity contribution in [2.45, 2.75) is 31.7 Å². The Morgan fingerprint density at radius 2 is 1.94 bits per heavy atom. The third kappa shape index (κ3) is 5.43. The fourth-order valence-electron chi connectivity index (χ4n) is 3.36. The van der Waals surface area contributed by atoms with Gasteiger partial charge in [-0.05, 0) is 36.2 Å². The summed E-state index contributed by atoms with van der Waals surface area (Å²) in [5.41, 5.74) is 2.32. The van der Waals surface area contributed by atoms with Gasteiger partial charge in [0.15, 0.2) is 10.7 Å². The van der Waals surface area contributed by atoms with Crippen LogP contribution < -0.4 is 15.6 Å². The molecule has 0 spiro atoms. The van der Waals surface area contributed by atoms with Gasteiger partial charge in [-0.15, -0.1) is 0 Å². The smallest absolute Gasteiger partial charge is 0.282 e. The van der Waals surface area contributed by atoms with E-state index in [2.05, 4.69) is 15.4 Å². The van der Waals surface area contributed by atoms with Crippen LogP contribution in [0.3, 0.4) is 0 Å². The average molecular weight is 498 g/mol. The summed E-state index contributed by atoms with van der Waals surface area (Å²) in [6.07, 6.45) is 1.75. The van der Waals surface area contributed by atoms with E-state index in [4.69, 9.17) is 16.3 Å². The number of rotatable bonds is 9. The number of benzene rings is 2. The summed E-state index contributed by atoms with van der Waals surface area (Å²) in [5.74, 6) is 0.656. The van der Waals surface area contributed by atoms with Crippen molar-refractivity contribution in [3.63, 3.8) is 0 Å². The van der Waals surface area contributed by atoms with Crippen molar-refractivity contribution < 1.29 is 9.53 Å². The molecule has 176 valence electrons. The van der Waals surface area contributed by atoms with Crippen molar-refractivity contribution >= 4 is 40.3 Å². The third-order valence-electron chi connectivity index (χ3n) is 5.23. The van der Waals surface area contributed by atoms with Gasteiger partial charge < -0.3 is 10.1 Å². The molecule has 0 aliphatic rings. The number of carbonyl (C=O) groups is 1. The standard InChI is InChI=1S/C24H24ClN5O3S/c1-3-29-14-20-22(28-29)23(32)30(13-16-8-10-18(33-2)11-9-16)24(27-20)34-15-21(31)26-12-17-6-4-5-7-19(17)25/h4-11,14H,3,12-13,15H2,1-2H3,(H,26,31). The van der Waals surface area contributed by atoms with Crippen LogP contribution in [0, 0.1) is 0 Å². The quantitative estimate of drug-likeness (QED) is 0.280. The molecule has 1 amide bonds. The average Bonchev–Trinajstić information content (AvgIpc) is 3.28. The molecule has 0 unspecified atom stereocenters. The van der Waals surface area contributed by atoms with E-state index in [1.54, 1.807) is 28.6 Å². The fourth-order valence-corrected chi connectivity index (χ4v) is 4.40. The van der Waals surface area contributed by atoms with Crippen LogP contribution in [0.2, 0.25) is 5.02 Å². The number of carbonyl (C=O) groups excluding carboxylic acids is 1. The number of fused-ring (bicyclic) bond motifs is 1. The maximum atomic E-state index is 13.3. The number of ether oxygens (including phenoxy) is 1. The summed E-state index contributed by atoms with van der Waals surface area (Å²) in [5, 5.41) is 8.29. The van der Waals surface area contributed by atoms with Crippen molar-refractivity contribution in [3.8, 4) is 5.75 Å². The Labute approximate surface area is 205 Å². The van der Waals surface area contributed by atoms with E-state index < -0.39 is 0 Å². The number of hydrogen-bond acceptors (Lipinski definition) is 6. The molecule has 0 saturated heterocycles. The molecule has 4 rings (SSSR count). The van der Waals surface area contributed by atoms with Crippen LogP contribution in [0.4, 0.5) is 0 Å². The van der Waals surface area contributed by atoms with Gasteiger partial charge in [-0.3, -0.25) is 18.8 Å². The molecular weight excluding hydrogens is 474 g/mol. The monoisotopic (exact) mass is 497 g/mol. The van der Waals surface area contributed by atoms with Gasteiger partial charge in [0.2, 0.25) is 5.91 Å². The summed E-state index contributed by atoms with van der Waals surface area (Å²) in [4.78, 5) is 30.5. The number of methoxy groups -OCH3 is 1. The topological polar surface area (TPSA) is 91.0 Å². The highest BCUT2D eigenvalue weighted by atomic mass is 35.5. The predicted molar refractivity (Wildman–Crippen MR) is 134 cm³/mol. The molecule has 2 aromatic carbocycles. The second-order valence-corrected chi connectivity index (χ2v) is 8.86. The Balaban J connectivity index is 1.56. The van der Waals surface area contributed by atoms with Crippen molar-refractivity contribution in [1.82, 2.24) is 24.6 Å². The maximum Gasteiger partial charge on any atom is 0.282 e. The summed E-state index contributed by atoms with van der Waals surface area (Å²) in [7, 11) is 1.60. The molecule has 2 aromatic heterocycles. The molecule has 0 fully saturated rings. The van der Waals surface area contributed by atoms with Crippen molar-refractivity contribution in [2.24, 2.45) is 0 Å². The van der Waals surface area contributed by atoms with Crippen LogP contribution in [-0.4, -0.2) is 38.1 Å². The van der Waals surface area contributed by atoms with Crippen molar-refractivity contribution in [2.75, 3.05) is 12.9 Å². The number of hydrogen-bond donors (Lipinski definition) is 1. The molecule has 0 saturated carbocycles. The number of aromatic nitrogens is 4. The largest absolute Gasteiger partial charge is 0.497 e. The van der Waals surface area contributed by atoms with E-state index in [0.717, 1.165) is 16.9 Å². The fraction of sp³-hybridized carbons (Fsp3) is 0.250. The van der Waals surface area contributed by atoms with Crippen LogP contribution in [-0.2, 0) is 24.4 Å². The van der Waals surface area contributed by atoms with E-state index in [-0.39, 0.29) is 17.2 Å². The zero-order chi connectivity index (χ0) is 24.1. The highest BCUT2D eigenvalue weighted by Crippen LogP contribution is 2.20. The highest BCUT2D eigenvalue weighted by molar-refractivity contribution is 7.99. The van der Waals surface area contributed by atoms with Crippen LogP contribution in [0.15, 0.2) is 64.7 Å². The first-order valence-electron chi connectivity index (χ1n) is 10.7. The Hall–Kier alpha value is -3.30. The lowest BCUT2D eigenvalue weighted by Crippen LogP contribution is -2.27. The number of nitrogens with one attached hydrogen (secondary N) is 1. The number of thioether (sulfide) groups is 1. The van der Waals surface area contributed by atoms with Crippen LogP contribution in [0.25, 0.3) is 11.0 Å². The molecule has 0 bridgehead atoms. The first-order chi connectivity index (χ1) is 16.5. The molecule has 1 N–H and O–H groups in total. The van der Waals surface area contributed by atoms with E-state index in [9.17, 15) is 9.59 Å². The molecule has 0 radical (unpaired) electrons. The molecule has 8 nitrogen and oxygen atoms in total. The molecule has 0 aliphatic heterocycles. The summed E-state index contributed by atoms with van der Waals surface area (Å²) in [6, 6.07) is 14.8. The van der Waals surface area contributed by atoms with Gasteiger partial charge in [0.25, 0.3) is 5.56 Å². The van der Waals surface area contributed by atoms with E-state index in [1.165, 1.54) is 11.8 Å². The third-order valence-corrected chi connectivity index (χ3v) is 6.57. The normalized spacial score (nSPS) is 11.0. The molecule has 34 heavy (non-hydrogen) atoms. The van der Waals surface area contributed by atoms with E-state index >= 15 is 0 Å². The lowest BCUT2D eigenvalue weighted by Gasteiger charge is -2.12.